The van der Waals surface area contributed by atoms with Crippen molar-refractivity contribution in [2.24, 2.45) is 0 Å². The first-order valence-electron chi connectivity index (χ1n) is 5.61. The molecule has 0 aliphatic carbocycles. The van der Waals surface area contributed by atoms with Gasteiger partial charge in [-0.3, -0.25) is 4.72 Å². The Labute approximate surface area is 115 Å². The van der Waals surface area contributed by atoms with E-state index in [1.165, 1.54) is 7.05 Å². The largest absolute Gasteiger partial charge is 0.506 e. The van der Waals surface area contributed by atoms with Gasteiger partial charge in [0, 0.05) is 13.1 Å². The molecule has 0 saturated carbocycles. The minimum absolute atomic E-state index is 0.388. The standard InChI is InChI=1S/C11H15F3N2O3S/c1-7(2)16(3)20(18,19)15-9-6-8(11(12,13)14)4-5-10(9)17/h4-7,15,17H,1-3H3. The molecule has 1 rings (SSSR count). The number of alkyl halides is 3. The van der Waals surface area contributed by atoms with Crippen LogP contribution in [-0.4, -0.2) is 30.9 Å². The maximum absolute atomic E-state index is 12.5. The SMILES string of the molecule is CC(C)N(C)S(=O)(=O)Nc1cc(C(F)(F)F)ccc1O. The number of benzene rings is 1. The van der Waals surface area contributed by atoms with Gasteiger partial charge in [0.15, 0.2) is 0 Å². The summed E-state index contributed by atoms with van der Waals surface area (Å²) < 4.78 is 64.3. The molecule has 20 heavy (non-hydrogen) atoms. The second kappa shape index (κ2) is 5.49. The smallest absolute Gasteiger partial charge is 0.416 e. The number of phenolic OH excluding ortho intramolecular Hbond substituents is 1. The van der Waals surface area contributed by atoms with Gasteiger partial charge in [0.25, 0.3) is 0 Å². The highest BCUT2D eigenvalue weighted by Gasteiger charge is 2.32. The highest BCUT2D eigenvalue weighted by molar-refractivity contribution is 7.90. The Kier molecular flexibility index (Phi) is 4.55. The van der Waals surface area contributed by atoms with Gasteiger partial charge in [0.1, 0.15) is 5.75 Å². The first kappa shape index (κ1) is 16.6. The van der Waals surface area contributed by atoms with E-state index in [9.17, 15) is 26.7 Å². The van der Waals surface area contributed by atoms with Crippen LogP contribution in [0, 0.1) is 0 Å². The fraction of sp³-hybridized carbons (Fsp3) is 0.455. The molecule has 0 aromatic heterocycles. The molecule has 0 heterocycles. The van der Waals surface area contributed by atoms with Crippen molar-refractivity contribution < 1.29 is 26.7 Å². The fourth-order valence-electron chi connectivity index (χ4n) is 1.28. The molecule has 1 aromatic carbocycles. The Morgan fingerprint density at radius 3 is 2.30 bits per heavy atom. The highest BCUT2D eigenvalue weighted by atomic mass is 32.2. The number of aromatic hydroxyl groups is 1. The van der Waals surface area contributed by atoms with Crippen molar-refractivity contribution in [3.8, 4) is 5.75 Å². The summed E-state index contributed by atoms with van der Waals surface area (Å²) in [4.78, 5) is 0. The van der Waals surface area contributed by atoms with Gasteiger partial charge >= 0.3 is 16.4 Å². The van der Waals surface area contributed by atoms with Crippen LogP contribution in [0.1, 0.15) is 19.4 Å². The molecule has 0 fully saturated rings. The fourth-order valence-corrected chi connectivity index (χ4v) is 2.42. The topological polar surface area (TPSA) is 69.6 Å². The van der Waals surface area contributed by atoms with Crippen molar-refractivity contribution in [3.05, 3.63) is 23.8 Å². The first-order chi connectivity index (χ1) is 8.95. The number of halogens is 3. The van der Waals surface area contributed by atoms with Gasteiger partial charge in [-0.1, -0.05) is 0 Å². The second-order valence-electron chi connectivity index (χ2n) is 4.45. The molecule has 0 aliphatic heterocycles. The van der Waals surface area contributed by atoms with Crippen LogP contribution in [0.3, 0.4) is 0 Å². The van der Waals surface area contributed by atoms with E-state index in [2.05, 4.69) is 0 Å². The Balaban J connectivity index is 3.16. The molecule has 5 nitrogen and oxygen atoms in total. The molecule has 0 atom stereocenters. The van der Waals surface area contributed by atoms with Crippen LogP contribution in [0.25, 0.3) is 0 Å². The predicted molar refractivity (Wildman–Crippen MR) is 68.6 cm³/mol. The van der Waals surface area contributed by atoms with Gasteiger partial charge in [-0.15, -0.1) is 0 Å². The average molecular weight is 312 g/mol. The van der Waals surface area contributed by atoms with Gasteiger partial charge in [0.2, 0.25) is 0 Å². The van der Waals surface area contributed by atoms with E-state index in [1.807, 2.05) is 4.72 Å². The number of nitrogens with one attached hydrogen (secondary N) is 1. The zero-order valence-electron chi connectivity index (χ0n) is 11.1. The minimum atomic E-state index is -4.63. The summed E-state index contributed by atoms with van der Waals surface area (Å²) in [5, 5.41) is 9.47. The highest BCUT2D eigenvalue weighted by Crippen LogP contribution is 2.34. The molecular formula is C11H15F3N2O3S. The van der Waals surface area contributed by atoms with E-state index in [0.717, 1.165) is 10.4 Å². The molecule has 9 heteroatoms. The van der Waals surface area contributed by atoms with Crippen LogP contribution in [0.2, 0.25) is 0 Å². The van der Waals surface area contributed by atoms with Crippen molar-refractivity contribution in [2.75, 3.05) is 11.8 Å². The van der Waals surface area contributed by atoms with Crippen LogP contribution in [0.4, 0.5) is 18.9 Å². The summed E-state index contributed by atoms with van der Waals surface area (Å²) >= 11 is 0. The summed E-state index contributed by atoms with van der Waals surface area (Å²) in [6.07, 6.45) is -4.63. The van der Waals surface area contributed by atoms with Crippen LogP contribution in [0.5, 0.6) is 5.75 Å². The van der Waals surface area contributed by atoms with Crippen molar-refractivity contribution >= 4 is 15.9 Å². The lowest BCUT2D eigenvalue weighted by Gasteiger charge is -2.22. The average Bonchev–Trinajstić information content (AvgIpc) is 2.29. The maximum atomic E-state index is 12.5. The lowest BCUT2D eigenvalue weighted by Crippen LogP contribution is -2.37. The summed E-state index contributed by atoms with van der Waals surface area (Å²) in [5.74, 6) is -0.585. The lowest BCUT2D eigenvalue weighted by atomic mass is 10.2. The Morgan fingerprint density at radius 2 is 1.85 bits per heavy atom. The van der Waals surface area contributed by atoms with Crippen LogP contribution >= 0.6 is 0 Å². The third-order valence-corrected chi connectivity index (χ3v) is 4.33. The maximum Gasteiger partial charge on any atom is 0.416 e. The number of nitrogens with zero attached hydrogens (tertiary/aromatic N) is 1. The van der Waals surface area contributed by atoms with E-state index in [4.69, 9.17) is 0 Å². The molecule has 0 aliphatic rings. The van der Waals surface area contributed by atoms with Gasteiger partial charge in [-0.05, 0) is 32.0 Å². The molecule has 1 aromatic rings. The number of hydrogen-bond donors (Lipinski definition) is 2. The zero-order chi connectivity index (χ0) is 15.7. The summed E-state index contributed by atoms with van der Waals surface area (Å²) in [6, 6.07) is 1.61. The molecule has 0 saturated heterocycles. The quantitative estimate of drug-likeness (QED) is 0.839. The molecule has 0 unspecified atom stereocenters. The van der Waals surface area contributed by atoms with Crippen molar-refractivity contribution in [1.82, 2.24) is 4.31 Å². The molecule has 0 spiro atoms. The summed E-state index contributed by atoms with van der Waals surface area (Å²) in [6.45, 7) is 3.20. The van der Waals surface area contributed by atoms with Crippen molar-refractivity contribution in [2.45, 2.75) is 26.1 Å². The predicted octanol–water partition coefficient (Wildman–Crippen LogP) is 2.41. The Hall–Kier alpha value is -1.48. The van der Waals surface area contributed by atoms with Crippen LogP contribution in [0.15, 0.2) is 18.2 Å². The Bertz CT molecular complexity index is 585. The van der Waals surface area contributed by atoms with E-state index >= 15 is 0 Å². The van der Waals surface area contributed by atoms with E-state index in [1.54, 1.807) is 13.8 Å². The normalized spacial score (nSPS) is 13.0. The van der Waals surface area contributed by atoms with Crippen LogP contribution in [-0.2, 0) is 16.4 Å². The number of phenols is 1. The third kappa shape index (κ3) is 3.76. The summed E-state index contributed by atoms with van der Waals surface area (Å²) in [5.41, 5.74) is -1.58. The van der Waals surface area contributed by atoms with E-state index in [-0.39, 0.29) is 6.04 Å². The molecule has 2 N–H and O–H groups in total. The van der Waals surface area contributed by atoms with Gasteiger partial charge in [-0.25, -0.2) is 0 Å². The number of anilines is 1. The molecule has 114 valence electrons. The van der Waals surface area contributed by atoms with Gasteiger partial charge in [-0.2, -0.15) is 25.9 Å². The molecule has 0 radical (unpaired) electrons. The Morgan fingerprint density at radius 1 is 1.30 bits per heavy atom. The lowest BCUT2D eigenvalue weighted by molar-refractivity contribution is -0.137. The van der Waals surface area contributed by atoms with Crippen LogP contribution < -0.4 is 4.72 Å². The monoisotopic (exact) mass is 312 g/mol. The molecular weight excluding hydrogens is 297 g/mol. The number of hydrogen-bond acceptors (Lipinski definition) is 3. The number of rotatable bonds is 4. The minimum Gasteiger partial charge on any atom is -0.506 e. The first-order valence-corrected chi connectivity index (χ1v) is 7.05. The van der Waals surface area contributed by atoms with Crippen molar-refractivity contribution in [3.63, 3.8) is 0 Å². The van der Waals surface area contributed by atoms with Gasteiger partial charge < -0.3 is 5.11 Å². The van der Waals surface area contributed by atoms with Gasteiger partial charge in [0.05, 0.1) is 11.3 Å². The van der Waals surface area contributed by atoms with E-state index in [0.29, 0.717) is 12.1 Å². The van der Waals surface area contributed by atoms with Crippen molar-refractivity contribution in [1.29, 1.82) is 0 Å². The third-order valence-electron chi connectivity index (χ3n) is 2.67. The zero-order valence-corrected chi connectivity index (χ0v) is 11.9. The second-order valence-corrected chi connectivity index (χ2v) is 6.18. The molecule has 0 bridgehead atoms. The summed E-state index contributed by atoms with van der Waals surface area (Å²) in [7, 11) is -2.77. The molecule has 0 amide bonds. The van der Waals surface area contributed by atoms with E-state index < -0.39 is 33.4 Å².